The monoisotopic (exact) mass is 277 g/mol. The SMILES string of the molecule is CCc1ccc(/C=C(/C(=O)O)c2ccccc2C#N)cc1. The van der Waals surface area contributed by atoms with E-state index < -0.39 is 5.97 Å². The van der Waals surface area contributed by atoms with Crippen LogP contribution in [0, 0.1) is 11.3 Å². The highest BCUT2D eigenvalue weighted by atomic mass is 16.4. The van der Waals surface area contributed by atoms with Gasteiger partial charge in [-0.1, -0.05) is 49.4 Å². The maximum Gasteiger partial charge on any atom is 0.336 e. The number of carboxylic acids is 1. The molecule has 0 fully saturated rings. The molecule has 0 unspecified atom stereocenters. The van der Waals surface area contributed by atoms with Crippen molar-refractivity contribution in [3.8, 4) is 6.07 Å². The Hall–Kier alpha value is -2.86. The largest absolute Gasteiger partial charge is 0.478 e. The third kappa shape index (κ3) is 3.37. The second-order valence-corrected chi connectivity index (χ2v) is 4.62. The van der Waals surface area contributed by atoms with Gasteiger partial charge in [0.15, 0.2) is 0 Å². The summed E-state index contributed by atoms with van der Waals surface area (Å²) in [6.45, 7) is 2.07. The quantitative estimate of drug-likeness (QED) is 0.684. The Morgan fingerprint density at radius 3 is 2.43 bits per heavy atom. The number of carbonyl (C=O) groups is 1. The average molecular weight is 277 g/mol. The fraction of sp³-hybridized carbons (Fsp3) is 0.111. The molecule has 3 nitrogen and oxygen atoms in total. The van der Waals surface area contributed by atoms with Crippen molar-refractivity contribution in [2.45, 2.75) is 13.3 Å². The van der Waals surface area contributed by atoms with E-state index in [0.717, 1.165) is 12.0 Å². The van der Waals surface area contributed by atoms with Gasteiger partial charge in [0, 0.05) is 5.56 Å². The minimum absolute atomic E-state index is 0.122. The summed E-state index contributed by atoms with van der Waals surface area (Å²) in [5.74, 6) is -1.04. The molecule has 0 aliphatic carbocycles. The van der Waals surface area contributed by atoms with Gasteiger partial charge in [-0.15, -0.1) is 0 Å². The predicted molar refractivity (Wildman–Crippen MR) is 82.5 cm³/mol. The van der Waals surface area contributed by atoms with Crippen molar-refractivity contribution in [3.63, 3.8) is 0 Å². The van der Waals surface area contributed by atoms with Crippen LogP contribution in [-0.2, 0) is 11.2 Å². The molecule has 1 N–H and O–H groups in total. The first-order chi connectivity index (χ1) is 10.2. The first-order valence-electron chi connectivity index (χ1n) is 6.69. The molecule has 0 atom stereocenters. The molecule has 0 heterocycles. The summed E-state index contributed by atoms with van der Waals surface area (Å²) in [5.41, 5.74) is 2.92. The molecule has 2 aromatic rings. The van der Waals surface area contributed by atoms with E-state index in [4.69, 9.17) is 5.26 Å². The van der Waals surface area contributed by atoms with Gasteiger partial charge < -0.3 is 5.11 Å². The van der Waals surface area contributed by atoms with Gasteiger partial charge in [0.1, 0.15) is 0 Å². The molecule has 2 rings (SSSR count). The Morgan fingerprint density at radius 2 is 1.86 bits per heavy atom. The van der Waals surface area contributed by atoms with Crippen LogP contribution in [0.5, 0.6) is 0 Å². The van der Waals surface area contributed by atoms with Gasteiger partial charge >= 0.3 is 5.97 Å². The second-order valence-electron chi connectivity index (χ2n) is 4.62. The smallest absolute Gasteiger partial charge is 0.336 e. The van der Waals surface area contributed by atoms with Crippen molar-refractivity contribution in [2.75, 3.05) is 0 Å². The number of rotatable bonds is 4. The Morgan fingerprint density at radius 1 is 1.19 bits per heavy atom. The summed E-state index contributed by atoms with van der Waals surface area (Å²) in [6.07, 6.45) is 2.53. The number of hydrogen-bond donors (Lipinski definition) is 1. The molecular weight excluding hydrogens is 262 g/mol. The fourth-order valence-corrected chi connectivity index (χ4v) is 2.09. The molecular formula is C18H15NO2. The molecule has 0 aliphatic rings. The number of benzene rings is 2. The lowest BCUT2D eigenvalue weighted by Gasteiger charge is -2.06. The van der Waals surface area contributed by atoms with Gasteiger partial charge in [-0.05, 0) is 29.7 Å². The second kappa shape index (κ2) is 6.53. The van der Waals surface area contributed by atoms with E-state index in [1.165, 1.54) is 5.56 Å². The first kappa shape index (κ1) is 14.5. The highest BCUT2D eigenvalue weighted by molar-refractivity contribution is 6.21. The van der Waals surface area contributed by atoms with Crippen LogP contribution < -0.4 is 0 Å². The lowest BCUT2D eigenvalue weighted by Crippen LogP contribution is -2.01. The number of carboxylic acid groups (broad SMARTS) is 1. The van der Waals surface area contributed by atoms with E-state index in [2.05, 4.69) is 6.92 Å². The number of aryl methyl sites for hydroxylation is 1. The molecule has 2 aromatic carbocycles. The van der Waals surface area contributed by atoms with Gasteiger partial charge in [0.05, 0.1) is 17.2 Å². The Balaban J connectivity index is 2.50. The van der Waals surface area contributed by atoms with Crippen molar-refractivity contribution in [1.29, 1.82) is 5.26 Å². The van der Waals surface area contributed by atoms with Gasteiger partial charge in [0.2, 0.25) is 0 Å². The summed E-state index contributed by atoms with van der Waals surface area (Å²) in [6, 6.07) is 16.5. The lowest BCUT2D eigenvalue weighted by molar-refractivity contribution is -0.130. The van der Waals surface area contributed by atoms with Gasteiger partial charge in [-0.25, -0.2) is 4.79 Å². The van der Waals surface area contributed by atoms with Crippen LogP contribution in [-0.4, -0.2) is 11.1 Å². The molecule has 0 spiro atoms. The number of nitriles is 1. The molecule has 0 bridgehead atoms. The standard InChI is InChI=1S/C18H15NO2/c1-2-13-7-9-14(10-8-13)11-17(18(20)21)16-6-4-3-5-15(16)12-19/h3-11H,2H2,1H3,(H,20,21)/b17-11+. The maximum absolute atomic E-state index is 11.5. The molecule has 0 radical (unpaired) electrons. The molecule has 21 heavy (non-hydrogen) atoms. The van der Waals surface area contributed by atoms with Crippen LogP contribution in [0.2, 0.25) is 0 Å². The van der Waals surface area contributed by atoms with Crippen LogP contribution in [0.3, 0.4) is 0 Å². The van der Waals surface area contributed by atoms with Crippen molar-refractivity contribution >= 4 is 17.6 Å². The topological polar surface area (TPSA) is 61.1 Å². The van der Waals surface area contributed by atoms with Crippen LogP contribution in [0.25, 0.3) is 11.6 Å². The minimum Gasteiger partial charge on any atom is -0.478 e. The lowest BCUT2D eigenvalue weighted by atomic mass is 9.98. The number of nitrogens with zero attached hydrogens (tertiary/aromatic N) is 1. The zero-order valence-corrected chi connectivity index (χ0v) is 11.7. The Kier molecular flexibility index (Phi) is 4.53. The van der Waals surface area contributed by atoms with Crippen molar-refractivity contribution in [2.24, 2.45) is 0 Å². The van der Waals surface area contributed by atoms with Crippen molar-refractivity contribution in [1.82, 2.24) is 0 Å². The van der Waals surface area contributed by atoms with Gasteiger partial charge in [-0.2, -0.15) is 5.26 Å². The average Bonchev–Trinajstić information content (AvgIpc) is 2.53. The molecule has 0 amide bonds. The van der Waals surface area contributed by atoms with E-state index in [0.29, 0.717) is 11.1 Å². The van der Waals surface area contributed by atoms with E-state index >= 15 is 0 Å². The van der Waals surface area contributed by atoms with Crippen LogP contribution in [0.1, 0.15) is 29.2 Å². The summed E-state index contributed by atoms with van der Waals surface area (Å²) in [5, 5.41) is 18.5. The van der Waals surface area contributed by atoms with Crippen molar-refractivity contribution < 1.29 is 9.90 Å². The van der Waals surface area contributed by atoms with Crippen LogP contribution >= 0.6 is 0 Å². The first-order valence-corrected chi connectivity index (χ1v) is 6.69. The Labute approximate surface area is 123 Å². The fourth-order valence-electron chi connectivity index (χ4n) is 2.09. The van der Waals surface area contributed by atoms with Gasteiger partial charge in [-0.3, -0.25) is 0 Å². The summed E-state index contributed by atoms with van der Waals surface area (Å²) in [4.78, 5) is 11.5. The third-order valence-corrected chi connectivity index (χ3v) is 3.27. The van der Waals surface area contributed by atoms with E-state index in [9.17, 15) is 9.90 Å². The van der Waals surface area contributed by atoms with E-state index in [1.807, 2.05) is 30.3 Å². The molecule has 0 saturated heterocycles. The zero-order chi connectivity index (χ0) is 15.2. The molecule has 3 heteroatoms. The predicted octanol–water partition coefficient (Wildman–Crippen LogP) is 3.75. The molecule has 0 saturated carbocycles. The van der Waals surface area contributed by atoms with Crippen molar-refractivity contribution in [3.05, 3.63) is 70.8 Å². The Bertz CT molecular complexity index is 722. The van der Waals surface area contributed by atoms with Crippen LogP contribution in [0.15, 0.2) is 48.5 Å². The zero-order valence-electron chi connectivity index (χ0n) is 11.7. The van der Waals surface area contributed by atoms with Crippen LogP contribution in [0.4, 0.5) is 0 Å². The number of aliphatic carboxylic acids is 1. The summed E-state index contributed by atoms with van der Waals surface area (Å²) in [7, 11) is 0. The highest BCUT2D eigenvalue weighted by Crippen LogP contribution is 2.22. The normalized spacial score (nSPS) is 11.0. The molecule has 0 aromatic heterocycles. The molecule has 0 aliphatic heterocycles. The number of hydrogen-bond acceptors (Lipinski definition) is 2. The van der Waals surface area contributed by atoms with E-state index in [-0.39, 0.29) is 5.57 Å². The summed E-state index contributed by atoms with van der Waals surface area (Å²) >= 11 is 0. The van der Waals surface area contributed by atoms with E-state index in [1.54, 1.807) is 30.3 Å². The highest BCUT2D eigenvalue weighted by Gasteiger charge is 2.14. The van der Waals surface area contributed by atoms with Gasteiger partial charge in [0.25, 0.3) is 0 Å². The summed E-state index contributed by atoms with van der Waals surface area (Å²) < 4.78 is 0. The maximum atomic E-state index is 11.5. The molecule has 104 valence electrons. The third-order valence-electron chi connectivity index (χ3n) is 3.27. The minimum atomic E-state index is -1.04.